The van der Waals surface area contributed by atoms with Crippen molar-refractivity contribution in [2.45, 2.75) is 117 Å². The molecule has 2 heterocycles. The van der Waals surface area contributed by atoms with Crippen molar-refractivity contribution in [3.8, 4) is 0 Å². The van der Waals surface area contributed by atoms with E-state index in [-0.39, 0.29) is 5.97 Å². The molecule has 0 radical (unpaired) electrons. The average molecular weight is 396 g/mol. The molecule has 6 nitrogen and oxygen atoms in total. The van der Waals surface area contributed by atoms with Crippen molar-refractivity contribution in [2.75, 3.05) is 0 Å². The molecular weight excluding hydrogens is 358 g/mol. The molecule has 2 aliphatic heterocycles. The van der Waals surface area contributed by atoms with Crippen LogP contribution in [0.2, 0.25) is 12.6 Å². The van der Waals surface area contributed by atoms with Gasteiger partial charge < -0.3 is 23.4 Å². The smallest absolute Gasteiger partial charge is 0.458 e. The Hall–Kier alpha value is -0.560. The molecule has 0 N–H and O–H groups in total. The molecule has 28 heavy (non-hydrogen) atoms. The third-order valence-electron chi connectivity index (χ3n) is 6.30. The van der Waals surface area contributed by atoms with E-state index in [2.05, 4.69) is 0 Å². The minimum absolute atomic E-state index is 0.281. The van der Waals surface area contributed by atoms with Crippen LogP contribution in [-0.2, 0) is 28.1 Å². The van der Waals surface area contributed by atoms with Crippen LogP contribution in [-0.4, -0.2) is 48.2 Å². The number of rotatable bonds is 5. The summed E-state index contributed by atoms with van der Waals surface area (Å²) in [5.74, 6) is -0.736. The Morgan fingerprint density at radius 1 is 0.750 bits per heavy atom. The lowest BCUT2D eigenvalue weighted by atomic mass is 9.68. The molecule has 0 aromatic rings. The second-order valence-electron chi connectivity index (χ2n) is 11.1. The van der Waals surface area contributed by atoms with Gasteiger partial charge in [-0.25, -0.2) is 0 Å². The van der Waals surface area contributed by atoms with Gasteiger partial charge in [-0.05, 0) is 88.8 Å². The van der Waals surface area contributed by atoms with E-state index in [1.165, 1.54) is 0 Å². The molecule has 0 amide bonds. The molecule has 0 aliphatic carbocycles. The number of ether oxygens (including phenoxy) is 1. The van der Waals surface area contributed by atoms with Crippen LogP contribution in [0.25, 0.3) is 0 Å². The molecule has 0 bridgehead atoms. The van der Waals surface area contributed by atoms with Crippen LogP contribution in [0, 0.1) is 5.92 Å². The fraction of sp³-hybridized carbons (Fsp3) is 0.950. The first-order valence-corrected chi connectivity index (χ1v) is 10.3. The molecule has 8 heteroatoms. The summed E-state index contributed by atoms with van der Waals surface area (Å²) >= 11 is 0. The first-order valence-electron chi connectivity index (χ1n) is 10.3. The van der Waals surface area contributed by atoms with Crippen LogP contribution in [0.1, 0.15) is 76.2 Å². The summed E-state index contributed by atoms with van der Waals surface area (Å²) in [4.78, 5) is 12.9. The minimum atomic E-state index is -0.568. The van der Waals surface area contributed by atoms with Gasteiger partial charge in [0.2, 0.25) is 0 Å². The standard InChI is InChI=1S/C20H38B2O6/c1-16(2,3)24-15(23)14(12-21-25-17(4,5)18(6,7)26-21)13-22-27-19(8,9)20(10,11)28-22/h14H,12-13H2,1-11H3. The van der Waals surface area contributed by atoms with Crippen LogP contribution in [0.4, 0.5) is 0 Å². The quantitative estimate of drug-likeness (QED) is 0.515. The Balaban J connectivity index is 2.14. The number of carbonyl (C=O) groups is 1. The third-order valence-corrected chi connectivity index (χ3v) is 6.30. The van der Waals surface area contributed by atoms with Gasteiger partial charge in [0.15, 0.2) is 0 Å². The third kappa shape index (κ3) is 5.13. The van der Waals surface area contributed by atoms with E-state index in [1.807, 2.05) is 76.2 Å². The second kappa shape index (κ2) is 7.29. The molecule has 0 unspecified atom stereocenters. The van der Waals surface area contributed by atoms with Crippen molar-refractivity contribution in [3.05, 3.63) is 0 Å². The van der Waals surface area contributed by atoms with Crippen molar-refractivity contribution < 1.29 is 28.1 Å². The first-order chi connectivity index (χ1) is 12.4. The zero-order valence-electron chi connectivity index (χ0n) is 19.6. The predicted molar refractivity (Wildman–Crippen MR) is 111 cm³/mol. The molecular formula is C20H38B2O6. The van der Waals surface area contributed by atoms with Crippen molar-refractivity contribution in [1.29, 1.82) is 0 Å². The van der Waals surface area contributed by atoms with Gasteiger partial charge in [-0.15, -0.1) is 0 Å². The number of carbonyl (C=O) groups excluding carboxylic acids is 1. The maximum atomic E-state index is 12.9. The Bertz CT molecular complexity index is 524. The summed E-state index contributed by atoms with van der Waals surface area (Å²) in [6.45, 7) is 21.6. The number of hydrogen-bond acceptors (Lipinski definition) is 6. The Labute approximate surface area is 171 Å². The summed E-state index contributed by atoms with van der Waals surface area (Å²) in [5.41, 5.74) is -2.34. The van der Waals surface area contributed by atoms with E-state index in [0.29, 0.717) is 12.6 Å². The Morgan fingerprint density at radius 3 is 1.29 bits per heavy atom. The summed E-state index contributed by atoms with van der Waals surface area (Å²) in [6.07, 6.45) is 0.789. The highest BCUT2D eigenvalue weighted by atomic mass is 16.7. The fourth-order valence-corrected chi connectivity index (χ4v) is 3.26. The molecule has 2 aliphatic rings. The maximum absolute atomic E-state index is 12.9. The molecule has 2 saturated heterocycles. The van der Waals surface area contributed by atoms with E-state index in [1.54, 1.807) is 0 Å². The van der Waals surface area contributed by atoms with Gasteiger partial charge in [-0.1, -0.05) is 0 Å². The molecule has 0 spiro atoms. The predicted octanol–water partition coefficient (Wildman–Crippen LogP) is 4.13. The molecule has 0 atom stereocenters. The molecule has 0 aromatic heterocycles. The van der Waals surface area contributed by atoms with Crippen molar-refractivity contribution >= 4 is 20.2 Å². The van der Waals surface area contributed by atoms with E-state index < -0.39 is 48.2 Å². The van der Waals surface area contributed by atoms with E-state index in [9.17, 15) is 4.79 Å². The summed E-state index contributed by atoms with van der Waals surface area (Å²) in [6, 6.07) is 0. The minimum Gasteiger partial charge on any atom is -0.460 e. The highest BCUT2D eigenvalue weighted by molar-refractivity contribution is 6.48. The van der Waals surface area contributed by atoms with Crippen molar-refractivity contribution in [1.82, 2.24) is 0 Å². The SMILES string of the molecule is CC(C)(C)OC(=O)C(CB1OC(C)(C)C(C)(C)O1)CB1OC(C)(C)C(C)(C)O1. The van der Waals surface area contributed by atoms with E-state index in [0.717, 1.165) is 0 Å². The van der Waals surface area contributed by atoms with Crippen LogP contribution < -0.4 is 0 Å². The average Bonchev–Trinajstić information content (AvgIpc) is 2.74. The molecule has 2 fully saturated rings. The summed E-state index contributed by atoms with van der Waals surface area (Å²) in [5, 5.41) is 0. The monoisotopic (exact) mass is 396 g/mol. The van der Waals surface area contributed by atoms with Gasteiger partial charge >= 0.3 is 20.2 Å². The van der Waals surface area contributed by atoms with Crippen molar-refractivity contribution in [2.24, 2.45) is 5.92 Å². The van der Waals surface area contributed by atoms with Crippen molar-refractivity contribution in [3.63, 3.8) is 0 Å². The summed E-state index contributed by atoms with van der Waals surface area (Å²) < 4.78 is 30.1. The molecule has 0 aromatic carbocycles. The van der Waals surface area contributed by atoms with Crippen LogP contribution >= 0.6 is 0 Å². The van der Waals surface area contributed by atoms with Crippen LogP contribution in [0.5, 0.6) is 0 Å². The Morgan fingerprint density at radius 2 is 1.04 bits per heavy atom. The van der Waals surface area contributed by atoms with E-state index in [4.69, 9.17) is 23.4 Å². The van der Waals surface area contributed by atoms with Gasteiger partial charge in [-0.3, -0.25) is 4.79 Å². The zero-order valence-corrected chi connectivity index (χ0v) is 19.6. The van der Waals surface area contributed by atoms with Gasteiger partial charge in [0, 0.05) is 0 Å². The second-order valence-corrected chi connectivity index (χ2v) is 11.1. The maximum Gasteiger partial charge on any atom is 0.458 e. The Kier molecular flexibility index (Phi) is 6.18. The number of hydrogen-bond donors (Lipinski definition) is 0. The van der Waals surface area contributed by atoms with Gasteiger partial charge in [0.05, 0.1) is 28.3 Å². The van der Waals surface area contributed by atoms with Crippen LogP contribution in [0.3, 0.4) is 0 Å². The lowest BCUT2D eigenvalue weighted by Gasteiger charge is -2.32. The molecule has 2 rings (SSSR count). The molecule has 0 saturated carbocycles. The van der Waals surface area contributed by atoms with Gasteiger partial charge in [0.1, 0.15) is 5.60 Å². The normalized spacial score (nSPS) is 25.4. The topological polar surface area (TPSA) is 63.2 Å². The van der Waals surface area contributed by atoms with Crippen LogP contribution in [0.15, 0.2) is 0 Å². The van der Waals surface area contributed by atoms with Gasteiger partial charge in [-0.2, -0.15) is 0 Å². The highest BCUT2D eigenvalue weighted by Gasteiger charge is 2.55. The molecule has 160 valence electrons. The lowest BCUT2D eigenvalue weighted by molar-refractivity contribution is -0.158. The lowest BCUT2D eigenvalue weighted by Crippen LogP contribution is -2.41. The largest absolute Gasteiger partial charge is 0.460 e. The first kappa shape index (κ1) is 23.7. The fourth-order valence-electron chi connectivity index (χ4n) is 3.26. The number of esters is 1. The van der Waals surface area contributed by atoms with E-state index >= 15 is 0 Å². The highest BCUT2D eigenvalue weighted by Crippen LogP contribution is 2.42. The zero-order chi connectivity index (χ0) is 21.8. The summed E-state index contributed by atoms with van der Waals surface area (Å²) in [7, 11) is -0.963. The van der Waals surface area contributed by atoms with Gasteiger partial charge in [0.25, 0.3) is 0 Å².